The topological polar surface area (TPSA) is 95.0 Å². The van der Waals surface area contributed by atoms with E-state index in [4.69, 9.17) is 5.11 Å². The van der Waals surface area contributed by atoms with E-state index in [1.54, 1.807) is 24.0 Å². The van der Waals surface area contributed by atoms with Crippen molar-refractivity contribution in [2.24, 2.45) is 0 Å². The predicted molar refractivity (Wildman–Crippen MR) is 95.6 cm³/mol. The van der Waals surface area contributed by atoms with Gasteiger partial charge in [-0.05, 0) is 43.3 Å². The van der Waals surface area contributed by atoms with E-state index in [1.165, 1.54) is 24.3 Å². The number of rotatable bonds is 4. The monoisotopic (exact) mass is 374 g/mol. The number of hydrogen-bond donors (Lipinski definition) is 1. The molecule has 2 aromatic carbocycles. The Morgan fingerprint density at radius 1 is 1.08 bits per heavy atom. The van der Waals surface area contributed by atoms with Gasteiger partial charge in [0.2, 0.25) is 15.9 Å². The molecule has 0 spiro atoms. The molecule has 26 heavy (non-hydrogen) atoms. The van der Waals surface area contributed by atoms with E-state index in [9.17, 15) is 18.0 Å². The number of carboxylic acids is 1. The quantitative estimate of drug-likeness (QED) is 0.881. The fourth-order valence-corrected chi connectivity index (χ4v) is 4.49. The number of amides is 1. The van der Waals surface area contributed by atoms with Crippen LogP contribution in [0.15, 0.2) is 59.5 Å². The molecule has 1 aliphatic rings. The van der Waals surface area contributed by atoms with Gasteiger partial charge in [0.1, 0.15) is 0 Å². The molecule has 0 saturated carbocycles. The number of benzene rings is 2. The Bertz CT molecular complexity index is 926. The molecule has 1 saturated heterocycles. The van der Waals surface area contributed by atoms with E-state index in [2.05, 4.69) is 0 Å². The molecule has 0 radical (unpaired) electrons. The van der Waals surface area contributed by atoms with Crippen molar-refractivity contribution in [1.29, 1.82) is 0 Å². The van der Waals surface area contributed by atoms with Crippen LogP contribution in [0.3, 0.4) is 0 Å². The molecule has 0 bridgehead atoms. The highest BCUT2D eigenvalue weighted by Crippen LogP contribution is 2.25. The Kier molecular flexibility index (Phi) is 4.80. The van der Waals surface area contributed by atoms with Crippen molar-refractivity contribution in [3.05, 3.63) is 60.2 Å². The number of sulfonamides is 1. The van der Waals surface area contributed by atoms with Crippen molar-refractivity contribution in [3.8, 4) is 0 Å². The van der Waals surface area contributed by atoms with Gasteiger partial charge in [0.05, 0.1) is 17.0 Å². The van der Waals surface area contributed by atoms with Gasteiger partial charge in [-0.25, -0.2) is 13.2 Å². The second-order valence-corrected chi connectivity index (χ2v) is 7.96. The van der Waals surface area contributed by atoms with Crippen LogP contribution in [0.1, 0.15) is 17.3 Å². The van der Waals surface area contributed by atoms with Gasteiger partial charge >= 0.3 is 5.97 Å². The number of aromatic carboxylic acids is 1. The molecule has 0 aliphatic carbocycles. The zero-order valence-corrected chi connectivity index (χ0v) is 14.9. The molecule has 0 unspecified atom stereocenters. The van der Waals surface area contributed by atoms with E-state index < -0.39 is 22.0 Å². The summed E-state index contributed by atoms with van der Waals surface area (Å²) in [6, 6.07) is 13.7. The average molecular weight is 374 g/mol. The van der Waals surface area contributed by atoms with Crippen LogP contribution in [0.4, 0.5) is 5.69 Å². The summed E-state index contributed by atoms with van der Waals surface area (Å²) in [7, 11) is -3.90. The second-order valence-electron chi connectivity index (χ2n) is 6.07. The first-order valence-corrected chi connectivity index (χ1v) is 9.45. The standard InChI is InChI=1S/C18H18N2O5S/c1-13-11-19(15-5-3-2-4-6-15)17(21)12-20(13)26(24,25)16-9-7-14(8-10-16)18(22)23/h2-10,13H,11-12H2,1H3,(H,22,23)/t13-/m0/s1. The number of hydrogen-bond acceptors (Lipinski definition) is 4. The largest absolute Gasteiger partial charge is 0.478 e. The maximum absolute atomic E-state index is 12.9. The van der Waals surface area contributed by atoms with E-state index in [1.807, 2.05) is 18.2 Å². The number of piperazine rings is 1. The Morgan fingerprint density at radius 2 is 1.69 bits per heavy atom. The minimum atomic E-state index is -3.90. The van der Waals surface area contributed by atoms with Crippen LogP contribution in [-0.2, 0) is 14.8 Å². The summed E-state index contributed by atoms with van der Waals surface area (Å²) in [6.45, 7) is 1.72. The van der Waals surface area contributed by atoms with Gasteiger partial charge in [-0.15, -0.1) is 0 Å². The zero-order chi connectivity index (χ0) is 18.9. The van der Waals surface area contributed by atoms with Crippen molar-refractivity contribution >= 4 is 27.6 Å². The Balaban J connectivity index is 1.85. The molecule has 136 valence electrons. The lowest BCUT2D eigenvalue weighted by atomic mass is 10.2. The van der Waals surface area contributed by atoms with Gasteiger partial charge in [-0.3, -0.25) is 4.79 Å². The molecule has 1 aliphatic heterocycles. The van der Waals surface area contributed by atoms with Gasteiger partial charge in [0.15, 0.2) is 0 Å². The molecule has 1 amide bonds. The number of nitrogens with zero attached hydrogens (tertiary/aromatic N) is 2. The van der Waals surface area contributed by atoms with Crippen LogP contribution < -0.4 is 4.90 Å². The van der Waals surface area contributed by atoms with E-state index in [-0.39, 0.29) is 29.5 Å². The first kappa shape index (κ1) is 18.1. The van der Waals surface area contributed by atoms with Crippen molar-refractivity contribution in [1.82, 2.24) is 4.31 Å². The number of para-hydroxylation sites is 1. The summed E-state index contributed by atoms with van der Waals surface area (Å²) in [5, 5.41) is 8.93. The smallest absolute Gasteiger partial charge is 0.335 e. The van der Waals surface area contributed by atoms with Crippen LogP contribution in [0, 0.1) is 0 Å². The van der Waals surface area contributed by atoms with Crippen molar-refractivity contribution in [2.75, 3.05) is 18.0 Å². The van der Waals surface area contributed by atoms with E-state index in [0.29, 0.717) is 0 Å². The summed E-state index contributed by atoms with van der Waals surface area (Å²) in [4.78, 5) is 25.0. The van der Waals surface area contributed by atoms with Gasteiger partial charge in [-0.2, -0.15) is 4.31 Å². The lowest BCUT2D eigenvalue weighted by Crippen LogP contribution is -2.57. The van der Waals surface area contributed by atoms with Crippen LogP contribution in [0.5, 0.6) is 0 Å². The Morgan fingerprint density at radius 3 is 2.27 bits per heavy atom. The SMILES string of the molecule is C[C@H]1CN(c2ccccc2)C(=O)CN1S(=O)(=O)c1ccc(C(=O)O)cc1. The molecular formula is C18H18N2O5S. The minimum absolute atomic E-state index is 0.00183. The molecule has 2 aromatic rings. The van der Waals surface area contributed by atoms with Gasteiger partial charge in [0.25, 0.3) is 0 Å². The first-order chi connectivity index (χ1) is 12.3. The number of anilines is 1. The van der Waals surface area contributed by atoms with Crippen LogP contribution in [0.2, 0.25) is 0 Å². The Labute approximate surface area is 151 Å². The highest BCUT2D eigenvalue weighted by atomic mass is 32.2. The molecule has 1 atom stereocenters. The van der Waals surface area contributed by atoms with E-state index in [0.717, 1.165) is 9.99 Å². The molecule has 7 nitrogen and oxygen atoms in total. The van der Waals surface area contributed by atoms with Crippen molar-refractivity contribution in [2.45, 2.75) is 17.9 Å². The fraction of sp³-hybridized carbons (Fsp3) is 0.222. The van der Waals surface area contributed by atoms with Crippen LogP contribution in [0.25, 0.3) is 0 Å². The summed E-state index contributed by atoms with van der Waals surface area (Å²) < 4.78 is 26.9. The fourth-order valence-electron chi connectivity index (χ4n) is 2.92. The third-order valence-electron chi connectivity index (χ3n) is 4.31. The molecule has 8 heteroatoms. The van der Waals surface area contributed by atoms with Crippen LogP contribution >= 0.6 is 0 Å². The third-order valence-corrected chi connectivity index (χ3v) is 6.28. The number of carboxylic acid groups (broad SMARTS) is 1. The number of carbonyl (C=O) groups is 2. The molecule has 0 aromatic heterocycles. The van der Waals surface area contributed by atoms with Crippen molar-refractivity contribution < 1.29 is 23.1 Å². The first-order valence-electron chi connectivity index (χ1n) is 8.01. The molecule has 3 rings (SSSR count). The van der Waals surface area contributed by atoms with Gasteiger partial charge in [-0.1, -0.05) is 18.2 Å². The predicted octanol–water partition coefficient (Wildman–Crippen LogP) is 1.81. The Hall–Kier alpha value is -2.71. The second kappa shape index (κ2) is 6.89. The average Bonchev–Trinajstić information content (AvgIpc) is 2.64. The highest BCUT2D eigenvalue weighted by molar-refractivity contribution is 7.89. The summed E-state index contributed by atoms with van der Waals surface area (Å²) >= 11 is 0. The normalized spacial score (nSPS) is 18.7. The molecule has 1 fully saturated rings. The summed E-state index contributed by atoms with van der Waals surface area (Å²) in [5.74, 6) is -1.44. The lowest BCUT2D eigenvalue weighted by Gasteiger charge is -2.38. The summed E-state index contributed by atoms with van der Waals surface area (Å²) in [6.07, 6.45) is 0. The highest BCUT2D eigenvalue weighted by Gasteiger charge is 2.38. The van der Waals surface area contributed by atoms with Gasteiger partial charge in [0, 0.05) is 18.3 Å². The maximum Gasteiger partial charge on any atom is 0.335 e. The van der Waals surface area contributed by atoms with Crippen molar-refractivity contribution in [3.63, 3.8) is 0 Å². The zero-order valence-electron chi connectivity index (χ0n) is 14.1. The maximum atomic E-state index is 12.9. The third kappa shape index (κ3) is 3.33. The van der Waals surface area contributed by atoms with Gasteiger partial charge < -0.3 is 10.0 Å². The lowest BCUT2D eigenvalue weighted by molar-refractivity contribution is -0.120. The molecular weight excluding hydrogens is 356 g/mol. The van der Waals surface area contributed by atoms with E-state index >= 15 is 0 Å². The minimum Gasteiger partial charge on any atom is -0.478 e. The number of carbonyl (C=O) groups excluding carboxylic acids is 1. The summed E-state index contributed by atoms with van der Waals surface area (Å²) in [5.41, 5.74) is 0.731. The molecule has 1 heterocycles. The van der Waals surface area contributed by atoms with Crippen LogP contribution in [-0.4, -0.2) is 48.8 Å². The molecule has 1 N–H and O–H groups in total.